The largest absolute Gasteiger partial charge is 0.352 e. The van der Waals surface area contributed by atoms with E-state index in [1.165, 1.54) is 57.3 Å². The molecule has 3 rings (SSSR count). The quantitative estimate of drug-likeness (QED) is 0.800. The molecule has 2 aliphatic rings. The molecule has 1 unspecified atom stereocenters. The Kier molecular flexibility index (Phi) is 6.88. The number of likely N-dealkylation sites (tertiary alicyclic amines) is 1. The smallest absolute Gasteiger partial charge is 0.251 e. The average molecular weight is 344 g/mol. The van der Waals surface area contributed by atoms with Crippen LogP contribution in [0, 0.1) is 5.92 Å². The molecule has 0 radical (unpaired) electrons. The molecular formula is C21H33N3O. The van der Waals surface area contributed by atoms with Gasteiger partial charge in [0.05, 0.1) is 0 Å². The molecule has 138 valence electrons. The van der Waals surface area contributed by atoms with Crippen LogP contribution in [-0.2, 0) is 0 Å². The number of hydrogen-bond donors (Lipinski definition) is 2. The predicted molar refractivity (Wildman–Crippen MR) is 103 cm³/mol. The van der Waals surface area contributed by atoms with E-state index in [0.29, 0.717) is 11.8 Å². The van der Waals surface area contributed by atoms with Crippen LogP contribution < -0.4 is 10.6 Å². The first-order chi connectivity index (χ1) is 12.3. The number of rotatable bonds is 7. The van der Waals surface area contributed by atoms with E-state index in [2.05, 4.69) is 34.6 Å². The van der Waals surface area contributed by atoms with Crippen LogP contribution in [0.1, 0.15) is 60.9 Å². The van der Waals surface area contributed by atoms with Gasteiger partial charge in [-0.3, -0.25) is 4.79 Å². The summed E-state index contributed by atoms with van der Waals surface area (Å²) < 4.78 is 0. The fourth-order valence-corrected chi connectivity index (χ4v) is 4.01. The molecule has 0 aromatic heterocycles. The molecule has 4 heteroatoms. The Morgan fingerprint density at radius 3 is 2.84 bits per heavy atom. The normalized spacial score (nSPS) is 22.2. The van der Waals surface area contributed by atoms with Crippen LogP contribution in [0.4, 0.5) is 0 Å². The lowest BCUT2D eigenvalue weighted by Crippen LogP contribution is -2.39. The standard InChI is InChI=1S/C21H33N3O/c1-2-3-11-24-12-8-17(9-13-24)15-23-21(25)19-6-4-5-18(14-19)20-7-10-22-16-20/h4-6,14,17,20,22H,2-3,7-13,15-16H2,1H3,(H,23,25). The van der Waals surface area contributed by atoms with Gasteiger partial charge in [-0.2, -0.15) is 0 Å². The number of amides is 1. The molecule has 1 amide bonds. The van der Waals surface area contributed by atoms with E-state index >= 15 is 0 Å². The summed E-state index contributed by atoms with van der Waals surface area (Å²) in [7, 11) is 0. The SMILES string of the molecule is CCCCN1CCC(CNC(=O)c2cccc(C3CCNC3)c2)CC1. The zero-order chi connectivity index (χ0) is 17.5. The van der Waals surface area contributed by atoms with Crippen molar-refractivity contribution < 1.29 is 4.79 Å². The first-order valence-corrected chi connectivity index (χ1v) is 10.1. The maximum Gasteiger partial charge on any atom is 0.251 e. The molecular weight excluding hydrogens is 310 g/mol. The number of nitrogens with zero attached hydrogens (tertiary/aromatic N) is 1. The Labute approximate surface area is 152 Å². The van der Waals surface area contributed by atoms with Crippen molar-refractivity contribution in [3.05, 3.63) is 35.4 Å². The van der Waals surface area contributed by atoms with E-state index in [-0.39, 0.29) is 5.91 Å². The number of hydrogen-bond acceptors (Lipinski definition) is 3. The topological polar surface area (TPSA) is 44.4 Å². The van der Waals surface area contributed by atoms with Gasteiger partial charge in [0.15, 0.2) is 0 Å². The van der Waals surface area contributed by atoms with E-state index in [0.717, 1.165) is 25.2 Å². The minimum absolute atomic E-state index is 0.0845. The second-order valence-corrected chi connectivity index (χ2v) is 7.66. The lowest BCUT2D eigenvalue weighted by Gasteiger charge is -2.31. The van der Waals surface area contributed by atoms with Crippen LogP contribution in [0.5, 0.6) is 0 Å². The molecule has 2 heterocycles. The maximum atomic E-state index is 12.5. The van der Waals surface area contributed by atoms with Gasteiger partial charge in [0.1, 0.15) is 0 Å². The van der Waals surface area contributed by atoms with Gasteiger partial charge in [-0.15, -0.1) is 0 Å². The Hall–Kier alpha value is -1.39. The zero-order valence-corrected chi connectivity index (χ0v) is 15.6. The van der Waals surface area contributed by atoms with Crippen molar-refractivity contribution in [1.82, 2.24) is 15.5 Å². The van der Waals surface area contributed by atoms with E-state index in [1.54, 1.807) is 0 Å². The van der Waals surface area contributed by atoms with Gasteiger partial charge in [0.25, 0.3) is 5.91 Å². The third-order valence-corrected chi connectivity index (χ3v) is 5.77. The highest BCUT2D eigenvalue weighted by Crippen LogP contribution is 2.23. The van der Waals surface area contributed by atoms with Gasteiger partial charge in [0.2, 0.25) is 0 Å². The highest BCUT2D eigenvalue weighted by Gasteiger charge is 2.20. The highest BCUT2D eigenvalue weighted by molar-refractivity contribution is 5.94. The van der Waals surface area contributed by atoms with Crippen molar-refractivity contribution in [2.24, 2.45) is 5.92 Å². The van der Waals surface area contributed by atoms with Crippen LogP contribution in [0.25, 0.3) is 0 Å². The summed E-state index contributed by atoms with van der Waals surface area (Å²) >= 11 is 0. The molecule has 4 nitrogen and oxygen atoms in total. The molecule has 0 aliphatic carbocycles. The number of unbranched alkanes of at least 4 members (excludes halogenated alkanes) is 1. The van der Waals surface area contributed by atoms with Gasteiger partial charge >= 0.3 is 0 Å². The molecule has 1 atom stereocenters. The van der Waals surface area contributed by atoms with E-state index < -0.39 is 0 Å². The summed E-state index contributed by atoms with van der Waals surface area (Å²) in [5.41, 5.74) is 2.10. The molecule has 0 bridgehead atoms. The lowest BCUT2D eigenvalue weighted by molar-refractivity contribution is 0.0936. The summed E-state index contributed by atoms with van der Waals surface area (Å²) in [6.45, 7) is 8.78. The Morgan fingerprint density at radius 2 is 2.12 bits per heavy atom. The van der Waals surface area contributed by atoms with Gasteiger partial charge < -0.3 is 15.5 Å². The third kappa shape index (κ3) is 5.29. The monoisotopic (exact) mass is 343 g/mol. The number of carbonyl (C=O) groups excluding carboxylic acids is 1. The zero-order valence-electron chi connectivity index (χ0n) is 15.6. The first-order valence-electron chi connectivity index (χ1n) is 10.1. The van der Waals surface area contributed by atoms with E-state index in [1.807, 2.05) is 12.1 Å². The molecule has 2 aliphatic heterocycles. The number of benzene rings is 1. The minimum Gasteiger partial charge on any atom is -0.352 e. The molecule has 0 spiro atoms. The second kappa shape index (κ2) is 9.35. The van der Waals surface area contributed by atoms with Crippen LogP contribution in [0.15, 0.2) is 24.3 Å². The van der Waals surface area contributed by atoms with Crippen LogP contribution >= 0.6 is 0 Å². The van der Waals surface area contributed by atoms with Gasteiger partial charge in [-0.25, -0.2) is 0 Å². The number of carbonyl (C=O) groups is 1. The summed E-state index contributed by atoms with van der Waals surface area (Å²) in [5.74, 6) is 1.27. The van der Waals surface area contributed by atoms with Crippen LogP contribution in [-0.4, -0.2) is 50.1 Å². The second-order valence-electron chi connectivity index (χ2n) is 7.66. The number of nitrogens with one attached hydrogen (secondary N) is 2. The Balaban J connectivity index is 1.44. The molecule has 1 aromatic carbocycles. The van der Waals surface area contributed by atoms with Crippen molar-refractivity contribution in [1.29, 1.82) is 0 Å². The van der Waals surface area contributed by atoms with Crippen molar-refractivity contribution in [3.8, 4) is 0 Å². The van der Waals surface area contributed by atoms with Gasteiger partial charge in [-0.1, -0.05) is 25.5 Å². The molecule has 2 N–H and O–H groups in total. The van der Waals surface area contributed by atoms with E-state index in [9.17, 15) is 4.79 Å². The van der Waals surface area contributed by atoms with Gasteiger partial charge in [-0.05, 0) is 81.4 Å². The van der Waals surface area contributed by atoms with Crippen molar-refractivity contribution >= 4 is 5.91 Å². The Bertz CT molecular complexity index is 546. The first kappa shape index (κ1) is 18.4. The van der Waals surface area contributed by atoms with E-state index in [4.69, 9.17) is 0 Å². The number of piperidine rings is 1. The summed E-state index contributed by atoms with van der Waals surface area (Å²) in [4.78, 5) is 15.1. The summed E-state index contributed by atoms with van der Waals surface area (Å²) in [5, 5.41) is 6.57. The van der Waals surface area contributed by atoms with Gasteiger partial charge in [0, 0.05) is 18.7 Å². The van der Waals surface area contributed by atoms with Crippen molar-refractivity contribution in [2.45, 2.75) is 44.9 Å². The molecule has 1 aromatic rings. The molecule has 2 fully saturated rings. The average Bonchev–Trinajstić information content (AvgIpc) is 3.20. The fraction of sp³-hybridized carbons (Fsp3) is 0.667. The molecule has 25 heavy (non-hydrogen) atoms. The fourth-order valence-electron chi connectivity index (χ4n) is 4.01. The maximum absolute atomic E-state index is 12.5. The van der Waals surface area contributed by atoms with Crippen molar-refractivity contribution in [3.63, 3.8) is 0 Å². The summed E-state index contributed by atoms with van der Waals surface area (Å²) in [6.07, 6.45) is 6.15. The third-order valence-electron chi connectivity index (χ3n) is 5.77. The molecule has 2 saturated heterocycles. The lowest BCUT2D eigenvalue weighted by atomic mass is 9.95. The molecule has 0 saturated carbocycles. The van der Waals surface area contributed by atoms with Crippen LogP contribution in [0.2, 0.25) is 0 Å². The highest BCUT2D eigenvalue weighted by atomic mass is 16.1. The van der Waals surface area contributed by atoms with Crippen LogP contribution in [0.3, 0.4) is 0 Å². The predicted octanol–water partition coefficient (Wildman–Crippen LogP) is 3.01. The minimum atomic E-state index is 0.0845. The Morgan fingerprint density at radius 1 is 1.28 bits per heavy atom. The summed E-state index contributed by atoms with van der Waals surface area (Å²) in [6, 6.07) is 8.20. The van der Waals surface area contributed by atoms with Crippen molar-refractivity contribution in [2.75, 3.05) is 39.3 Å².